The predicted octanol–water partition coefficient (Wildman–Crippen LogP) is 2.49. The third-order valence-electron chi connectivity index (χ3n) is 4.33. The molecule has 1 aromatic carbocycles. The third kappa shape index (κ3) is 2.66. The van der Waals surface area contributed by atoms with Crippen molar-refractivity contribution in [2.45, 2.75) is 44.2 Å². The smallest absolute Gasteiger partial charge is 0.240 e. The van der Waals surface area contributed by atoms with Gasteiger partial charge in [-0.15, -0.1) is 0 Å². The number of piperidine rings is 1. The zero-order valence-corrected chi connectivity index (χ0v) is 11.3. The van der Waals surface area contributed by atoms with Gasteiger partial charge in [-0.25, -0.2) is 0 Å². The fraction of sp³-hybridized carbons (Fsp3) is 0.562. The standard InChI is InChI=1S/C16H22N2O/c19-16(14-9-4-5-11-17-14)18-12-6-10-15(18)13-7-2-1-3-8-13/h1-3,7-8,14-15,17H,4-6,9-12H2. The second-order valence-electron chi connectivity index (χ2n) is 5.60. The normalized spacial score (nSPS) is 27.5. The van der Waals surface area contributed by atoms with E-state index < -0.39 is 0 Å². The minimum atomic E-state index is 0.0538. The quantitative estimate of drug-likeness (QED) is 0.884. The number of likely N-dealkylation sites (tertiary alicyclic amines) is 1. The second kappa shape index (κ2) is 5.74. The van der Waals surface area contributed by atoms with Gasteiger partial charge in [0.2, 0.25) is 5.91 Å². The monoisotopic (exact) mass is 258 g/mol. The van der Waals surface area contributed by atoms with E-state index in [0.717, 1.165) is 32.4 Å². The molecule has 2 heterocycles. The summed E-state index contributed by atoms with van der Waals surface area (Å²) < 4.78 is 0. The van der Waals surface area contributed by atoms with Gasteiger partial charge in [0.25, 0.3) is 0 Å². The first-order valence-electron chi connectivity index (χ1n) is 7.45. The van der Waals surface area contributed by atoms with Gasteiger partial charge in [-0.2, -0.15) is 0 Å². The van der Waals surface area contributed by atoms with Crippen LogP contribution in [0, 0.1) is 0 Å². The molecule has 1 N–H and O–H groups in total. The van der Waals surface area contributed by atoms with Crippen LogP contribution in [0.3, 0.4) is 0 Å². The molecule has 2 fully saturated rings. The molecule has 1 aromatic rings. The molecule has 1 amide bonds. The van der Waals surface area contributed by atoms with E-state index in [1.807, 2.05) is 6.07 Å². The zero-order chi connectivity index (χ0) is 13.1. The fourth-order valence-corrected chi connectivity index (χ4v) is 3.32. The van der Waals surface area contributed by atoms with Crippen LogP contribution >= 0.6 is 0 Å². The van der Waals surface area contributed by atoms with Gasteiger partial charge in [-0.1, -0.05) is 36.8 Å². The highest BCUT2D eigenvalue weighted by atomic mass is 16.2. The Balaban J connectivity index is 1.74. The maximum atomic E-state index is 12.6. The van der Waals surface area contributed by atoms with Gasteiger partial charge in [-0.05, 0) is 37.8 Å². The number of hydrogen-bond donors (Lipinski definition) is 1. The molecule has 2 atom stereocenters. The average Bonchev–Trinajstić information content (AvgIpc) is 2.98. The Hall–Kier alpha value is -1.35. The lowest BCUT2D eigenvalue weighted by molar-refractivity contribution is -0.135. The topological polar surface area (TPSA) is 32.3 Å². The maximum absolute atomic E-state index is 12.6. The van der Waals surface area contributed by atoms with Crippen LogP contribution in [0.2, 0.25) is 0 Å². The van der Waals surface area contributed by atoms with Crippen molar-refractivity contribution in [1.29, 1.82) is 0 Å². The molecule has 0 bridgehead atoms. The van der Waals surface area contributed by atoms with Gasteiger partial charge in [0, 0.05) is 6.54 Å². The van der Waals surface area contributed by atoms with E-state index in [0.29, 0.717) is 5.91 Å². The fourth-order valence-electron chi connectivity index (χ4n) is 3.32. The minimum absolute atomic E-state index is 0.0538. The third-order valence-corrected chi connectivity index (χ3v) is 4.33. The van der Waals surface area contributed by atoms with Crippen LogP contribution in [-0.2, 0) is 4.79 Å². The molecule has 2 unspecified atom stereocenters. The van der Waals surface area contributed by atoms with Crippen LogP contribution in [0.1, 0.15) is 43.7 Å². The van der Waals surface area contributed by atoms with Crippen LogP contribution in [0.4, 0.5) is 0 Å². The molecule has 0 radical (unpaired) electrons. The average molecular weight is 258 g/mol. The SMILES string of the molecule is O=C(C1CCCCN1)N1CCCC1c1ccccc1. The van der Waals surface area contributed by atoms with Crippen LogP contribution in [0.25, 0.3) is 0 Å². The number of nitrogens with one attached hydrogen (secondary N) is 1. The largest absolute Gasteiger partial charge is 0.334 e. The van der Waals surface area contributed by atoms with Crippen LogP contribution in [0.5, 0.6) is 0 Å². The number of nitrogens with zero attached hydrogens (tertiary/aromatic N) is 1. The predicted molar refractivity (Wildman–Crippen MR) is 75.8 cm³/mol. The van der Waals surface area contributed by atoms with E-state index in [9.17, 15) is 4.79 Å². The van der Waals surface area contributed by atoms with Crippen molar-refractivity contribution >= 4 is 5.91 Å². The van der Waals surface area contributed by atoms with Crippen molar-refractivity contribution in [3.8, 4) is 0 Å². The summed E-state index contributed by atoms with van der Waals surface area (Å²) in [4.78, 5) is 14.7. The molecule has 2 aliphatic heterocycles. The lowest BCUT2D eigenvalue weighted by atomic mass is 10.0. The Morgan fingerprint density at radius 1 is 1.11 bits per heavy atom. The molecule has 3 nitrogen and oxygen atoms in total. The molecule has 19 heavy (non-hydrogen) atoms. The van der Waals surface area contributed by atoms with Crippen molar-refractivity contribution in [3.05, 3.63) is 35.9 Å². The van der Waals surface area contributed by atoms with Crippen molar-refractivity contribution in [2.75, 3.05) is 13.1 Å². The number of benzene rings is 1. The zero-order valence-electron chi connectivity index (χ0n) is 11.3. The van der Waals surface area contributed by atoms with Gasteiger partial charge >= 0.3 is 0 Å². The Kier molecular flexibility index (Phi) is 3.83. The molecular weight excluding hydrogens is 236 g/mol. The van der Waals surface area contributed by atoms with E-state index in [1.165, 1.54) is 18.4 Å². The van der Waals surface area contributed by atoms with Crippen LogP contribution in [0.15, 0.2) is 30.3 Å². The van der Waals surface area contributed by atoms with Crippen molar-refractivity contribution < 1.29 is 4.79 Å². The molecule has 102 valence electrons. The van der Waals surface area contributed by atoms with E-state index >= 15 is 0 Å². The van der Waals surface area contributed by atoms with E-state index in [1.54, 1.807) is 0 Å². The summed E-state index contributed by atoms with van der Waals surface area (Å²) in [6.45, 7) is 1.90. The summed E-state index contributed by atoms with van der Waals surface area (Å²) in [6.07, 6.45) is 5.59. The first kappa shape index (κ1) is 12.7. The second-order valence-corrected chi connectivity index (χ2v) is 5.60. The highest BCUT2D eigenvalue weighted by Crippen LogP contribution is 2.32. The lowest BCUT2D eigenvalue weighted by Crippen LogP contribution is -2.48. The Morgan fingerprint density at radius 2 is 1.95 bits per heavy atom. The molecule has 0 spiro atoms. The Bertz CT molecular complexity index is 426. The van der Waals surface area contributed by atoms with Gasteiger partial charge in [0.05, 0.1) is 12.1 Å². The van der Waals surface area contributed by atoms with E-state index in [4.69, 9.17) is 0 Å². The van der Waals surface area contributed by atoms with Gasteiger partial charge < -0.3 is 10.2 Å². The van der Waals surface area contributed by atoms with E-state index in [2.05, 4.69) is 34.5 Å². The van der Waals surface area contributed by atoms with Crippen molar-refractivity contribution in [3.63, 3.8) is 0 Å². The molecule has 2 aliphatic rings. The minimum Gasteiger partial charge on any atom is -0.334 e. The highest BCUT2D eigenvalue weighted by molar-refractivity contribution is 5.82. The molecule has 0 aromatic heterocycles. The maximum Gasteiger partial charge on any atom is 0.240 e. The Labute approximate surface area is 115 Å². The molecule has 0 saturated carbocycles. The van der Waals surface area contributed by atoms with Crippen molar-refractivity contribution in [2.24, 2.45) is 0 Å². The highest BCUT2D eigenvalue weighted by Gasteiger charge is 2.34. The summed E-state index contributed by atoms with van der Waals surface area (Å²) in [5, 5.41) is 3.38. The van der Waals surface area contributed by atoms with Crippen LogP contribution < -0.4 is 5.32 Å². The lowest BCUT2D eigenvalue weighted by Gasteiger charge is -2.31. The number of carbonyl (C=O) groups is 1. The summed E-state index contributed by atoms with van der Waals surface area (Å²) in [5.74, 6) is 0.311. The Morgan fingerprint density at radius 3 is 2.68 bits per heavy atom. The molecule has 2 saturated heterocycles. The molecular formula is C16H22N2O. The van der Waals surface area contributed by atoms with Gasteiger partial charge in [0.15, 0.2) is 0 Å². The first-order chi connectivity index (χ1) is 9.36. The molecule has 3 rings (SSSR count). The number of hydrogen-bond acceptors (Lipinski definition) is 2. The first-order valence-corrected chi connectivity index (χ1v) is 7.45. The number of amides is 1. The number of rotatable bonds is 2. The molecule has 0 aliphatic carbocycles. The summed E-state index contributed by atoms with van der Waals surface area (Å²) in [6, 6.07) is 10.8. The summed E-state index contributed by atoms with van der Waals surface area (Å²) in [7, 11) is 0. The molecule has 3 heteroatoms. The van der Waals surface area contributed by atoms with Crippen molar-refractivity contribution in [1.82, 2.24) is 10.2 Å². The van der Waals surface area contributed by atoms with Gasteiger partial charge in [0.1, 0.15) is 0 Å². The summed E-state index contributed by atoms with van der Waals surface area (Å²) in [5.41, 5.74) is 1.28. The number of carbonyl (C=O) groups excluding carboxylic acids is 1. The summed E-state index contributed by atoms with van der Waals surface area (Å²) >= 11 is 0. The van der Waals surface area contributed by atoms with E-state index in [-0.39, 0.29) is 12.1 Å². The van der Waals surface area contributed by atoms with Gasteiger partial charge in [-0.3, -0.25) is 4.79 Å². The van der Waals surface area contributed by atoms with Crippen LogP contribution in [-0.4, -0.2) is 29.9 Å².